The Labute approximate surface area is 113 Å². The molecule has 7 heteroatoms. The van der Waals surface area contributed by atoms with Crippen molar-refractivity contribution in [2.45, 2.75) is 11.8 Å². The number of halogens is 1. The number of nitrogens with zero attached hydrogens (tertiary/aromatic N) is 1. The average Bonchev–Trinajstić information content (AvgIpc) is 2.30. The molecule has 0 radical (unpaired) electrons. The lowest BCUT2D eigenvalue weighted by atomic mass is 10.2. The average molecular weight is 293 g/mol. The summed E-state index contributed by atoms with van der Waals surface area (Å²) in [6.07, 6.45) is 0. The van der Waals surface area contributed by atoms with Crippen LogP contribution in [0.4, 0.5) is 5.69 Å². The highest BCUT2D eigenvalue weighted by atomic mass is 35.5. The minimum Gasteiger partial charge on any atom is -0.397 e. The second kappa shape index (κ2) is 5.88. The van der Waals surface area contributed by atoms with E-state index in [1.807, 2.05) is 0 Å². The number of rotatable bonds is 5. The van der Waals surface area contributed by atoms with Crippen molar-refractivity contribution < 1.29 is 13.2 Å². The van der Waals surface area contributed by atoms with Crippen molar-refractivity contribution in [3.63, 3.8) is 0 Å². The molecule has 0 atom stereocenters. The van der Waals surface area contributed by atoms with Crippen LogP contribution in [0, 0.1) is 6.92 Å². The van der Waals surface area contributed by atoms with Gasteiger partial charge in [0.25, 0.3) is 0 Å². The Bertz CT molecular complexity index is 531. The standard InChI is InChI=1S/C11H17ClN2O3S/c1-8-6-9(12)10(13)7-11(8)18(15,16)14(2)4-5-17-3/h6-7H,4-5,13H2,1-3H3. The van der Waals surface area contributed by atoms with Crippen LogP contribution in [0.5, 0.6) is 0 Å². The predicted molar refractivity (Wildman–Crippen MR) is 72.3 cm³/mol. The van der Waals surface area contributed by atoms with Crippen LogP contribution in [0.2, 0.25) is 5.02 Å². The Balaban J connectivity index is 3.16. The lowest BCUT2D eigenvalue weighted by molar-refractivity contribution is 0.185. The normalized spacial score (nSPS) is 12.1. The van der Waals surface area contributed by atoms with Crippen LogP contribution in [-0.2, 0) is 14.8 Å². The zero-order valence-electron chi connectivity index (χ0n) is 10.6. The third kappa shape index (κ3) is 3.14. The molecule has 2 N–H and O–H groups in total. The van der Waals surface area contributed by atoms with Crippen LogP contribution in [0.15, 0.2) is 17.0 Å². The molecule has 0 aliphatic heterocycles. The second-order valence-electron chi connectivity index (χ2n) is 3.96. The fourth-order valence-electron chi connectivity index (χ4n) is 1.45. The number of likely N-dealkylation sites (N-methyl/N-ethyl adjacent to an activating group) is 1. The fraction of sp³-hybridized carbons (Fsp3) is 0.455. The first kappa shape index (κ1) is 15.2. The van der Waals surface area contributed by atoms with Crippen molar-refractivity contribution in [3.8, 4) is 0 Å². The molecule has 102 valence electrons. The van der Waals surface area contributed by atoms with Gasteiger partial charge in [0.1, 0.15) is 0 Å². The smallest absolute Gasteiger partial charge is 0.243 e. The van der Waals surface area contributed by atoms with E-state index < -0.39 is 10.0 Å². The summed E-state index contributed by atoms with van der Waals surface area (Å²) < 4.78 is 30.7. The lowest BCUT2D eigenvalue weighted by Gasteiger charge is -2.18. The maximum atomic E-state index is 12.3. The number of benzene rings is 1. The molecular formula is C11H17ClN2O3S. The molecule has 0 bridgehead atoms. The molecule has 0 spiro atoms. The van der Waals surface area contributed by atoms with Crippen molar-refractivity contribution in [1.82, 2.24) is 4.31 Å². The number of hydrogen-bond acceptors (Lipinski definition) is 4. The quantitative estimate of drug-likeness (QED) is 0.835. The zero-order valence-corrected chi connectivity index (χ0v) is 12.2. The summed E-state index contributed by atoms with van der Waals surface area (Å²) in [6, 6.07) is 2.93. The van der Waals surface area contributed by atoms with Gasteiger partial charge in [0.15, 0.2) is 0 Å². The van der Waals surface area contributed by atoms with E-state index in [1.165, 1.54) is 24.5 Å². The summed E-state index contributed by atoms with van der Waals surface area (Å²) in [5.74, 6) is 0. The molecule has 1 aromatic carbocycles. The molecule has 0 aromatic heterocycles. The highest BCUT2D eigenvalue weighted by Gasteiger charge is 2.23. The van der Waals surface area contributed by atoms with Crippen LogP contribution in [0.1, 0.15) is 5.56 Å². The van der Waals surface area contributed by atoms with Crippen molar-refractivity contribution >= 4 is 27.3 Å². The van der Waals surface area contributed by atoms with Gasteiger partial charge in [0.05, 0.1) is 22.2 Å². The van der Waals surface area contributed by atoms with E-state index in [0.29, 0.717) is 17.2 Å². The summed E-state index contributed by atoms with van der Waals surface area (Å²) in [6.45, 7) is 2.29. The summed E-state index contributed by atoms with van der Waals surface area (Å²) in [5.41, 5.74) is 6.47. The number of anilines is 1. The number of methoxy groups -OCH3 is 1. The molecule has 0 aliphatic rings. The van der Waals surface area contributed by atoms with Gasteiger partial charge in [-0.1, -0.05) is 11.6 Å². The summed E-state index contributed by atoms with van der Waals surface area (Å²) in [7, 11) is -0.548. The largest absolute Gasteiger partial charge is 0.397 e. The van der Waals surface area contributed by atoms with Gasteiger partial charge in [-0.25, -0.2) is 8.42 Å². The minimum atomic E-state index is -3.57. The van der Waals surface area contributed by atoms with Gasteiger partial charge < -0.3 is 10.5 Å². The minimum absolute atomic E-state index is 0.169. The Hall–Kier alpha value is -0.820. The van der Waals surface area contributed by atoms with Crippen molar-refractivity contribution in [3.05, 3.63) is 22.7 Å². The number of nitrogen functional groups attached to an aromatic ring is 1. The van der Waals surface area contributed by atoms with Crippen molar-refractivity contribution in [2.75, 3.05) is 33.0 Å². The second-order valence-corrected chi connectivity index (χ2v) is 6.38. The van der Waals surface area contributed by atoms with Crippen molar-refractivity contribution in [1.29, 1.82) is 0 Å². The van der Waals surface area contributed by atoms with Gasteiger partial charge >= 0.3 is 0 Å². The molecule has 0 saturated heterocycles. The third-order valence-corrected chi connectivity index (χ3v) is 4.92. The molecule has 0 aliphatic carbocycles. The molecule has 1 rings (SSSR count). The lowest BCUT2D eigenvalue weighted by Crippen LogP contribution is -2.30. The monoisotopic (exact) mass is 292 g/mol. The zero-order chi connectivity index (χ0) is 13.9. The molecule has 0 saturated carbocycles. The summed E-state index contributed by atoms with van der Waals surface area (Å²) in [4.78, 5) is 0.169. The Morgan fingerprint density at radius 3 is 2.61 bits per heavy atom. The van der Waals surface area contributed by atoms with E-state index >= 15 is 0 Å². The molecule has 0 fully saturated rings. The summed E-state index contributed by atoms with van der Waals surface area (Å²) >= 11 is 5.85. The van der Waals surface area contributed by atoms with Crippen LogP contribution in [-0.4, -0.2) is 40.0 Å². The maximum absolute atomic E-state index is 12.3. The number of nitrogens with two attached hydrogens (primary N) is 1. The van der Waals surface area contributed by atoms with Gasteiger partial charge in [-0.3, -0.25) is 0 Å². The van der Waals surface area contributed by atoms with E-state index in [2.05, 4.69) is 0 Å². The van der Waals surface area contributed by atoms with Gasteiger partial charge in [-0.05, 0) is 24.6 Å². The number of ether oxygens (including phenoxy) is 1. The van der Waals surface area contributed by atoms with Crippen LogP contribution < -0.4 is 5.73 Å². The molecule has 18 heavy (non-hydrogen) atoms. The van der Waals surface area contributed by atoms with E-state index in [4.69, 9.17) is 22.1 Å². The molecule has 0 amide bonds. The first-order valence-corrected chi connectivity index (χ1v) is 7.13. The first-order chi connectivity index (χ1) is 8.30. The van der Waals surface area contributed by atoms with Gasteiger partial charge in [-0.2, -0.15) is 4.31 Å². The van der Waals surface area contributed by atoms with Crippen LogP contribution in [0.25, 0.3) is 0 Å². The maximum Gasteiger partial charge on any atom is 0.243 e. The van der Waals surface area contributed by atoms with E-state index in [0.717, 1.165) is 0 Å². The molecular weight excluding hydrogens is 276 g/mol. The van der Waals surface area contributed by atoms with Gasteiger partial charge in [-0.15, -0.1) is 0 Å². The molecule has 5 nitrogen and oxygen atoms in total. The molecule has 0 heterocycles. The third-order valence-electron chi connectivity index (χ3n) is 2.59. The highest BCUT2D eigenvalue weighted by Crippen LogP contribution is 2.27. The molecule has 0 unspecified atom stereocenters. The topological polar surface area (TPSA) is 72.6 Å². The fourth-order valence-corrected chi connectivity index (χ4v) is 3.06. The Morgan fingerprint density at radius 2 is 2.06 bits per heavy atom. The first-order valence-electron chi connectivity index (χ1n) is 5.31. The van der Waals surface area contributed by atoms with Crippen LogP contribution in [0.3, 0.4) is 0 Å². The Kier molecular flexibility index (Phi) is 4.98. The van der Waals surface area contributed by atoms with Gasteiger partial charge in [0, 0.05) is 20.7 Å². The van der Waals surface area contributed by atoms with E-state index in [-0.39, 0.29) is 17.1 Å². The van der Waals surface area contributed by atoms with Crippen LogP contribution >= 0.6 is 11.6 Å². The summed E-state index contributed by atoms with van der Waals surface area (Å²) in [5, 5.41) is 0.353. The SMILES string of the molecule is COCCN(C)S(=O)(=O)c1cc(N)c(Cl)cc1C. The number of hydrogen-bond donors (Lipinski definition) is 1. The molecule has 1 aromatic rings. The van der Waals surface area contributed by atoms with E-state index in [9.17, 15) is 8.42 Å². The highest BCUT2D eigenvalue weighted by molar-refractivity contribution is 7.89. The van der Waals surface area contributed by atoms with Crippen molar-refractivity contribution in [2.24, 2.45) is 0 Å². The predicted octanol–water partition coefficient (Wildman–Crippen LogP) is 1.50. The number of sulfonamides is 1. The Morgan fingerprint density at radius 1 is 1.44 bits per heavy atom. The number of aryl methyl sites for hydroxylation is 1. The van der Waals surface area contributed by atoms with Gasteiger partial charge in [0.2, 0.25) is 10.0 Å². The van der Waals surface area contributed by atoms with E-state index in [1.54, 1.807) is 13.0 Å².